The van der Waals surface area contributed by atoms with Gasteiger partial charge < -0.3 is 14.7 Å². The van der Waals surface area contributed by atoms with Crippen molar-refractivity contribution >= 4 is 23.0 Å². The molecule has 1 N–H and O–H groups in total. The molecule has 0 spiro atoms. The number of benzene rings is 1. The number of carbonyl (C=O) groups is 1. The van der Waals surface area contributed by atoms with Gasteiger partial charge in [-0.3, -0.25) is 4.79 Å². The Morgan fingerprint density at radius 3 is 2.79 bits per heavy atom. The Morgan fingerprint density at radius 2 is 2.12 bits per heavy atom. The Hall–Kier alpha value is -2.23. The number of rotatable bonds is 1. The van der Waals surface area contributed by atoms with E-state index in [2.05, 4.69) is 6.07 Å². The van der Waals surface area contributed by atoms with Gasteiger partial charge in [0.15, 0.2) is 4.99 Å². The predicted molar refractivity (Wildman–Crippen MR) is 92.7 cm³/mol. The van der Waals surface area contributed by atoms with E-state index in [9.17, 15) is 15.2 Å². The molecule has 2 heterocycles. The van der Waals surface area contributed by atoms with Gasteiger partial charge in [-0.2, -0.15) is 5.26 Å². The number of thiocarbonyl (C=S) groups is 1. The van der Waals surface area contributed by atoms with Gasteiger partial charge in [-0.05, 0) is 45.0 Å². The van der Waals surface area contributed by atoms with Crippen LogP contribution in [0.3, 0.4) is 0 Å². The van der Waals surface area contributed by atoms with Crippen LogP contribution in [0.15, 0.2) is 30.4 Å². The van der Waals surface area contributed by atoms with Gasteiger partial charge in [0.25, 0.3) is 0 Å². The zero-order chi connectivity index (χ0) is 17.7. The zero-order valence-electron chi connectivity index (χ0n) is 13.7. The summed E-state index contributed by atoms with van der Waals surface area (Å²) in [7, 11) is 0. The average molecular weight is 342 g/mol. The lowest BCUT2D eigenvalue weighted by molar-refractivity contribution is -0.154. The normalized spacial score (nSPS) is 28.1. The third-order valence-corrected chi connectivity index (χ3v) is 5.34. The molecule has 1 aromatic carbocycles. The lowest BCUT2D eigenvalue weighted by atomic mass is 9.74. The molecule has 24 heavy (non-hydrogen) atoms. The number of nitriles is 1. The molecule has 124 valence electrons. The van der Waals surface area contributed by atoms with Crippen LogP contribution in [0, 0.1) is 11.3 Å². The molecule has 0 aromatic heterocycles. The van der Waals surface area contributed by atoms with Gasteiger partial charge in [0, 0.05) is 12.1 Å². The lowest BCUT2D eigenvalue weighted by Gasteiger charge is -2.53. The molecule has 1 aromatic rings. The predicted octanol–water partition coefficient (Wildman–Crippen LogP) is 2.29. The molecular formula is C18H18N2O3S. The molecule has 0 amide bonds. The number of hydrogen-bond donors (Lipinski definition) is 1. The third-order valence-electron chi connectivity index (χ3n) is 4.90. The van der Waals surface area contributed by atoms with Crippen LogP contribution in [0.1, 0.15) is 37.9 Å². The topological polar surface area (TPSA) is 73.6 Å². The van der Waals surface area contributed by atoms with Crippen LogP contribution in [-0.2, 0) is 4.79 Å². The van der Waals surface area contributed by atoms with Crippen molar-refractivity contribution in [2.75, 3.05) is 6.54 Å². The van der Waals surface area contributed by atoms with E-state index >= 15 is 0 Å². The highest BCUT2D eigenvalue weighted by Crippen LogP contribution is 2.49. The molecule has 5 nitrogen and oxygen atoms in total. The molecule has 0 radical (unpaired) electrons. The minimum atomic E-state index is -1.33. The summed E-state index contributed by atoms with van der Waals surface area (Å²) in [6.07, 6.45) is 3.18. The summed E-state index contributed by atoms with van der Waals surface area (Å²) in [6, 6.07) is 6.59. The van der Waals surface area contributed by atoms with Crippen LogP contribution >= 0.6 is 12.2 Å². The van der Waals surface area contributed by atoms with E-state index in [0.717, 1.165) is 0 Å². The maximum Gasteiger partial charge on any atom is 0.212 e. The Kier molecular flexibility index (Phi) is 3.74. The summed E-state index contributed by atoms with van der Waals surface area (Å²) in [5.41, 5.74) is -1.12. The minimum Gasteiger partial charge on any atom is -0.484 e. The smallest absolute Gasteiger partial charge is 0.212 e. The second-order valence-electron chi connectivity index (χ2n) is 6.75. The lowest BCUT2D eigenvalue weighted by Crippen LogP contribution is -2.63. The second-order valence-corrected chi connectivity index (χ2v) is 7.14. The number of nitrogens with zero attached hydrogens (tertiary/aromatic N) is 2. The summed E-state index contributed by atoms with van der Waals surface area (Å²) < 4.78 is 5.98. The third kappa shape index (κ3) is 2.32. The van der Waals surface area contributed by atoms with E-state index in [1.54, 1.807) is 49.9 Å². The van der Waals surface area contributed by atoms with Gasteiger partial charge >= 0.3 is 0 Å². The number of fused-ring (bicyclic) bond motifs is 1. The zero-order valence-corrected chi connectivity index (χ0v) is 14.6. The molecule has 0 saturated heterocycles. The molecule has 2 aliphatic rings. The largest absolute Gasteiger partial charge is 0.484 e. The average Bonchev–Trinajstić information content (AvgIpc) is 2.51. The molecule has 2 aliphatic heterocycles. The molecule has 0 fully saturated rings. The van der Waals surface area contributed by atoms with Crippen LogP contribution in [-0.4, -0.2) is 38.5 Å². The van der Waals surface area contributed by atoms with Crippen LogP contribution in [0.4, 0.5) is 0 Å². The van der Waals surface area contributed by atoms with E-state index in [0.29, 0.717) is 23.4 Å². The monoisotopic (exact) mass is 342 g/mol. The quantitative estimate of drug-likeness (QED) is 0.790. The Labute approximate surface area is 146 Å². The molecule has 2 unspecified atom stereocenters. The molecule has 0 saturated carbocycles. The molecule has 2 atom stereocenters. The van der Waals surface area contributed by atoms with Crippen LogP contribution in [0.5, 0.6) is 5.75 Å². The first-order valence-corrected chi connectivity index (χ1v) is 8.07. The van der Waals surface area contributed by atoms with Crippen LogP contribution in [0.2, 0.25) is 0 Å². The molecule has 6 heteroatoms. The maximum absolute atomic E-state index is 12.0. The van der Waals surface area contributed by atoms with Crippen molar-refractivity contribution in [1.82, 2.24) is 4.90 Å². The number of hydrogen-bond acceptors (Lipinski definition) is 5. The van der Waals surface area contributed by atoms with Crippen molar-refractivity contribution in [3.05, 3.63) is 41.5 Å². The summed E-state index contributed by atoms with van der Waals surface area (Å²) in [5, 5.41) is 20.5. The maximum atomic E-state index is 12.0. The van der Waals surface area contributed by atoms with Crippen molar-refractivity contribution in [2.24, 2.45) is 0 Å². The van der Waals surface area contributed by atoms with Gasteiger partial charge in [-0.25, -0.2) is 0 Å². The fourth-order valence-electron chi connectivity index (χ4n) is 3.20. The van der Waals surface area contributed by atoms with Crippen molar-refractivity contribution < 1.29 is 14.6 Å². The highest BCUT2D eigenvalue weighted by atomic mass is 32.1. The van der Waals surface area contributed by atoms with Gasteiger partial charge in [-0.1, -0.05) is 18.3 Å². The van der Waals surface area contributed by atoms with Gasteiger partial charge in [0.05, 0.1) is 17.7 Å². The van der Waals surface area contributed by atoms with E-state index in [1.807, 2.05) is 0 Å². The first kappa shape index (κ1) is 16.6. The fraction of sp³-hybridized carbons (Fsp3) is 0.389. The van der Waals surface area contributed by atoms with E-state index in [-0.39, 0.29) is 10.8 Å². The first-order valence-electron chi connectivity index (χ1n) is 7.66. The number of ketones is 1. The van der Waals surface area contributed by atoms with Crippen LogP contribution in [0.25, 0.3) is 0 Å². The molecule has 0 aliphatic carbocycles. The summed E-state index contributed by atoms with van der Waals surface area (Å²) in [5.74, 6) is 0.328. The molecule has 3 rings (SSSR count). The highest BCUT2D eigenvalue weighted by molar-refractivity contribution is 7.82. The second kappa shape index (κ2) is 5.40. The van der Waals surface area contributed by atoms with Crippen molar-refractivity contribution in [3.8, 4) is 11.8 Å². The molecular weight excluding hydrogens is 324 g/mol. The number of carbonyl (C=O) groups excluding carboxylic acids is 1. The summed E-state index contributed by atoms with van der Waals surface area (Å²) >= 11 is 5.31. The van der Waals surface area contributed by atoms with Crippen molar-refractivity contribution in [3.63, 3.8) is 0 Å². The van der Waals surface area contributed by atoms with E-state index < -0.39 is 17.2 Å². The van der Waals surface area contributed by atoms with Crippen LogP contribution < -0.4 is 4.74 Å². The summed E-state index contributed by atoms with van der Waals surface area (Å²) in [6.45, 7) is 5.68. The number of ether oxygens (including phenoxy) is 1. The number of aliphatic hydroxyl groups is 1. The van der Waals surface area contributed by atoms with Crippen molar-refractivity contribution in [2.45, 2.75) is 38.0 Å². The Morgan fingerprint density at radius 1 is 1.42 bits per heavy atom. The van der Waals surface area contributed by atoms with Gasteiger partial charge in [0.1, 0.15) is 17.0 Å². The SMILES string of the molecule is CC1(C)Oc2ccc(C#N)cc2C(N2CC=CC(=O)C2=S)C1(C)O. The highest BCUT2D eigenvalue weighted by Gasteiger charge is 2.55. The Balaban J connectivity index is 2.22. The van der Waals surface area contributed by atoms with Crippen molar-refractivity contribution in [1.29, 1.82) is 5.26 Å². The molecule has 0 bridgehead atoms. The van der Waals surface area contributed by atoms with Gasteiger partial charge in [-0.15, -0.1) is 0 Å². The van der Waals surface area contributed by atoms with E-state index in [1.165, 1.54) is 6.08 Å². The standard InChI is InChI=1S/C18H18N2O3S/c1-17(2)18(3,22)15(20-8-4-5-13(21)16(20)24)12-9-11(10-19)6-7-14(12)23-17/h4-7,9,15,22H,8H2,1-3H3. The Bertz CT molecular complexity index is 805. The minimum absolute atomic E-state index is 0.161. The fourth-order valence-corrected chi connectivity index (χ4v) is 3.45. The van der Waals surface area contributed by atoms with E-state index in [4.69, 9.17) is 17.0 Å². The van der Waals surface area contributed by atoms with Gasteiger partial charge in [0.2, 0.25) is 5.78 Å². The summed E-state index contributed by atoms with van der Waals surface area (Å²) in [4.78, 5) is 13.9. The first-order chi connectivity index (χ1) is 11.2.